The summed E-state index contributed by atoms with van der Waals surface area (Å²) >= 11 is 0. The Kier molecular flexibility index (Phi) is 13.6. The Labute approximate surface area is 325 Å². The second-order valence-electron chi connectivity index (χ2n) is 12.7. The zero-order chi connectivity index (χ0) is 42.4. The Balaban J connectivity index is 1.44. The summed E-state index contributed by atoms with van der Waals surface area (Å²) in [7, 11) is 0. The number of amides is 1. The fraction of sp³-hybridized carbons (Fsp3) is 0.368. The largest absolute Gasteiger partial charge is 0.463 e. The minimum Gasteiger partial charge on any atom is -0.463 e. The Bertz CT molecular complexity index is 2030. The highest BCUT2D eigenvalue weighted by molar-refractivity contribution is 5.83. The number of rotatable bonds is 13. The topological polar surface area (TPSA) is 188 Å². The molecule has 310 valence electrons. The van der Waals surface area contributed by atoms with Gasteiger partial charge in [-0.15, -0.1) is 0 Å². The average molecular weight is 824 g/mol. The average Bonchev–Trinajstić information content (AvgIpc) is 3.49. The molecule has 15 nitrogen and oxygen atoms in total. The zero-order valence-electron chi connectivity index (χ0n) is 30.9. The first-order chi connectivity index (χ1) is 27.5. The van der Waals surface area contributed by atoms with E-state index < -0.39 is 127 Å². The molecule has 0 bridgehead atoms. The van der Waals surface area contributed by atoms with Crippen LogP contribution in [0.25, 0.3) is 11.1 Å². The fourth-order valence-electron chi connectivity index (χ4n) is 6.31. The number of hydrogen-bond acceptors (Lipinski definition) is 14. The van der Waals surface area contributed by atoms with Crippen LogP contribution in [0.4, 0.5) is 26.7 Å². The van der Waals surface area contributed by atoms with Gasteiger partial charge in [0.1, 0.15) is 19.3 Å². The van der Waals surface area contributed by atoms with Gasteiger partial charge in [0.25, 0.3) is 0 Å². The molecule has 3 aromatic carbocycles. The summed E-state index contributed by atoms with van der Waals surface area (Å²) in [5.41, 5.74) is 3.33. The van der Waals surface area contributed by atoms with Crippen LogP contribution in [0.5, 0.6) is 5.75 Å². The molecule has 0 saturated carbocycles. The molecule has 20 heteroatoms. The van der Waals surface area contributed by atoms with Gasteiger partial charge in [0.15, 0.2) is 30.6 Å². The second kappa shape index (κ2) is 18.4. The number of ether oxygens (including phenoxy) is 8. The van der Waals surface area contributed by atoms with Crippen molar-refractivity contribution in [2.75, 3.05) is 19.8 Å². The third kappa shape index (κ3) is 9.68. The molecule has 0 spiro atoms. The van der Waals surface area contributed by atoms with Crippen molar-refractivity contribution in [1.29, 1.82) is 0 Å². The molecule has 0 unspecified atom stereocenters. The summed E-state index contributed by atoms with van der Waals surface area (Å²) in [6.07, 6.45) is -10.0. The van der Waals surface area contributed by atoms with Crippen LogP contribution in [0.15, 0.2) is 48.5 Å². The fourth-order valence-corrected chi connectivity index (χ4v) is 6.31. The SMILES string of the molecule is CC(=O)OC[C@H]1O[C@@H](OC[C@H](NC(=O)OCC2c3ccccc3-c3ccccc32)C(=O)Oc2c(F)c(F)c(F)c(F)c2F)[C@H](OC(C)=O)[C@@H](OC(C)=O)[C@@H]1OC(C)=O. The van der Waals surface area contributed by atoms with Gasteiger partial charge in [-0.2, -0.15) is 8.78 Å². The lowest BCUT2D eigenvalue weighted by molar-refractivity contribution is -0.308. The lowest BCUT2D eigenvalue weighted by Crippen LogP contribution is -2.63. The first-order valence-corrected chi connectivity index (χ1v) is 17.2. The van der Waals surface area contributed by atoms with Crippen LogP contribution < -0.4 is 10.1 Å². The van der Waals surface area contributed by atoms with Crippen LogP contribution in [0.3, 0.4) is 0 Å². The standard InChI is InChI=1S/C38H34F5NO14/c1-16(45)51-15-26-32(54-17(2)46)34(55-18(3)47)35(56-19(4)48)37(57-26)52-14-25(36(49)58-33-30(42)28(40)27(39)29(41)31(33)43)44-38(50)53-13-24-22-11-7-5-9-20(22)21-10-6-8-12-23(21)24/h5-12,24-26,32,34-35,37H,13-15H2,1-4H3,(H,44,50)/t25-,26+,32+,34-,35+,37+/m0/s1. The van der Waals surface area contributed by atoms with Crippen molar-refractivity contribution in [2.24, 2.45) is 0 Å². The van der Waals surface area contributed by atoms with Crippen molar-refractivity contribution in [1.82, 2.24) is 5.32 Å². The molecule has 1 aliphatic heterocycles. The molecule has 2 aliphatic rings. The summed E-state index contributed by atoms with van der Waals surface area (Å²) in [5, 5.41) is 2.06. The van der Waals surface area contributed by atoms with Gasteiger partial charge in [0, 0.05) is 33.6 Å². The van der Waals surface area contributed by atoms with E-state index in [1.165, 1.54) is 0 Å². The van der Waals surface area contributed by atoms with E-state index in [4.69, 9.17) is 33.2 Å². The van der Waals surface area contributed by atoms with E-state index in [1.807, 2.05) is 36.4 Å². The van der Waals surface area contributed by atoms with Crippen molar-refractivity contribution in [3.05, 3.63) is 88.7 Å². The van der Waals surface area contributed by atoms with Gasteiger partial charge in [-0.05, 0) is 22.3 Å². The van der Waals surface area contributed by atoms with Crippen molar-refractivity contribution in [3.63, 3.8) is 0 Å². The Hall–Kier alpha value is -6.15. The minimum atomic E-state index is -2.55. The number of benzene rings is 3. The summed E-state index contributed by atoms with van der Waals surface area (Å²) < 4.78 is 113. The highest BCUT2D eigenvalue weighted by atomic mass is 19.2. The summed E-state index contributed by atoms with van der Waals surface area (Å²) in [4.78, 5) is 74.9. The van der Waals surface area contributed by atoms with E-state index in [9.17, 15) is 50.7 Å². The number of esters is 5. The normalized spacial score (nSPS) is 20.1. The van der Waals surface area contributed by atoms with Crippen LogP contribution >= 0.6 is 0 Å². The van der Waals surface area contributed by atoms with Crippen molar-refractivity contribution >= 4 is 35.9 Å². The maximum absolute atomic E-state index is 14.6. The van der Waals surface area contributed by atoms with E-state index in [0.717, 1.165) is 49.9 Å². The Morgan fingerprint density at radius 2 is 1.14 bits per heavy atom. The van der Waals surface area contributed by atoms with Crippen molar-refractivity contribution < 1.29 is 88.6 Å². The van der Waals surface area contributed by atoms with Crippen molar-refractivity contribution in [3.8, 4) is 16.9 Å². The molecule has 58 heavy (non-hydrogen) atoms. The molecule has 5 rings (SSSR count). The lowest BCUT2D eigenvalue weighted by atomic mass is 9.98. The van der Waals surface area contributed by atoms with Gasteiger partial charge < -0.3 is 43.2 Å². The van der Waals surface area contributed by atoms with Gasteiger partial charge >= 0.3 is 35.9 Å². The van der Waals surface area contributed by atoms with Gasteiger partial charge in [-0.25, -0.2) is 22.8 Å². The smallest absolute Gasteiger partial charge is 0.407 e. The summed E-state index contributed by atoms with van der Waals surface area (Å²) in [6, 6.07) is 12.3. The molecule has 0 aromatic heterocycles. The highest BCUT2D eigenvalue weighted by Gasteiger charge is 2.53. The van der Waals surface area contributed by atoms with E-state index in [2.05, 4.69) is 10.1 Å². The number of alkyl carbamates (subject to hydrolysis) is 1. The molecule has 0 radical (unpaired) electrons. The van der Waals surface area contributed by atoms with Gasteiger partial charge in [-0.3, -0.25) is 19.2 Å². The van der Waals surface area contributed by atoms with Gasteiger partial charge in [0.05, 0.1) is 6.61 Å². The van der Waals surface area contributed by atoms with Crippen molar-refractivity contribution in [2.45, 2.75) is 70.4 Å². The van der Waals surface area contributed by atoms with E-state index >= 15 is 0 Å². The minimum absolute atomic E-state index is 0.320. The zero-order valence-corrected chi connectivity index (χ0v) is 30.9. The predicted molar refractivity (Wildman–Crippen MR) is 182 cm³/mol. The van der Waals surface area contributed by atoms with Gasteiger partial charge in [-0.1, -0.05) is 48.5 Å². The Morgan fingerprint density at radius 1 is 0.638 bits per heavy atom. The third-order valence-electron chi connectivity index (χ3n) is 8.67. The summed E-state index contributed by atoms with van der Waals surface area (Å²) in [5.74, 6) is -20.7. The molecule has 6 atom stereocenters. The maximum Gasteiger partial charge on any atom is 0.407 e. The highest BCUT2D eigenvalue weighted by Crippen LogP contribution is 2.44. The monoisotopic (exact) mass is 823 g/mol. The number of carbonyl (C=O) groups is 6. The van der Waals surface area contributed by atoms with E-state index in [-0.39, 0.29) is 6.61 Å². The Morgan fingerprint density at radius 3 is 1.67 bits per heavy atom. The van der Waals surface area contributed by atoms with Crippen LogP contribution in [0.2, 0.25) is 0 Å². The second-order valence-corrected chi connectivity index (χ2v) is 12.7. The molecule has 1 fully saturated rings. The summed E-state index contributed by atoms with van der Waals surface area (Å²) in [6.45, 7) is 1.72. The number of carbonyl (C=O) groups excluding carboxylic acids is 6. The number of fused-ring (bicyclic) bond motifs is 3. The van der Waals surface area contributed by atoms with Gasteiger partial charge in [0.2, 0.25) is 34.8 Å². The number of halogens is 5. The number of hydrogen-bond donors (Lipinski definition) is 1. The molecule has 1 amide bonds. The van der Waals surface area contributed by atoms with Crippen LogP contribution in [-0.2, 0) is 57.1 Å². The third-order valence-corrected chi connectivity index (χ3v) is 8.67. The molecule has 1 aliphatic carbocycles. The molecule has 3 aromatic rings. The predicted octanol–water partition coefficient (Wildman–Crippen LogP) is 4.29. The van der Waals surface area contributed by atoms with E-state index in [0.29, 0.717) is 0 Å². The number of nitrogens with one attached hydrogen (secondary N) is 1. The first kappa shape index (κ1) is 43.0. The maximum atomic E-state index is 14.6. The van der Waals surface area contributed by atoms with Crippen LogP contribution in [0, 0.1) is 29.1 Å². The van der Waals surface area contributed by atoms with E-state index in [1.54, 1.807) is 12.1 Å². The molecular formula is C38H34F5NO14. The van der Waals surface area contributed by atoms with Crippen LogP contribution in [-0.4, -0.2) is 92.5 Å². The molecular weight excluding hydrogens is 789 g/mol. The van der Waals surface area contributed by atoms with Crippen LogP contribution in [0.1, 0.15) is 44.7 Å². The lowest BCUT2D eigenvalue weighted by Gasteiger charge is -2.44. The molecule has 1 saturated heterocycles. The quantitative estimate of drug-likeness (QED) is 0.0642. The molecule has 1 N–H and O–H groups in total. The first-order valence-electron chi connectivity index (χ1n) is 17.2. The molecule has 1 heterocycles.